The van der Waals surface area contributed by atoms with Crippen molar-refractivity contribution in [1.29, 1.82) is 0 Å². The summed E-state index contributed by atoms with van der Waals surface area (Å²) in [5, 5.41) is 0. The number of nitrogens with two attached hydrogens (primary N) is 1. The van der Waals surface area contributed by atoms with E-state index in [2.05, 4.69) is 4.90 Å². The van der Waals surface area contributed by atoms with Crippen LogP contribution in [0.3, 0.4) is 0 Å². The summed E-state index contributed by atoms with van der Waals surface area (Å²) >= 11 is 0. The molecule has 2 fully saturated rings. The van der Waals surface area contributed by atoms with E-state index in [-0.39, 0.29) is 30.7 Å². The van der Waals surface area contributed by atoms with E-state index < -0.39 is 5.54 Å². The van der Waals surface area contributed by atoms with Crippen molar-refractivity contribution in [2.45, 2.75) is 44.2 Å². The molecule has 24 heavy (non-hydrogen) atoms. The Morgan fingerprint density at radius 2 is 1.58 bits per heavy atom. The van der Waals surface area contributed by atoms with Gasteiger partial charge in [-0.2, -0.15) is 0 Å². The van der Waals surface area contributed by atoms with Crippen molar-refractivity contribution in [3.8, 4) is 0 Å². The Morgan fingerprint density at radius 3 is 2.12 bits per heavy atom. The Labute approximate surface area is 157 Å². The molecule has 1 saturated heterocycles. The van der Waals surface area contributed by atoms with E-state index in [0.717, 1.165) is 37.8 Å². The average molecular weight is 374 g/mol. The van der Waals surface area contributed by atoms with Crippen molar-refractivity contribution in [2.75, 3.05) is 26.2 Å². The first-order valence-electron chi connectivity index (χ1n) is 8.47. The van der Waals surface area contributed by atoms with E-state index in [1.165, 1.54) is 25.7 Å². The molecule has 0 spiro atoms. The third-order valence-corrected chi connectivity index (χ3v) is 5.26. The van der Waals surface area contributed by atoms with Gasteiger partial charge >= 0.3 is 0 Å². The first kappa shape index (κ1) is 21.2. The molecule has 0 aromatic heterocycles. The van der Waals surface area contributed by atoms with E-state index in [0.29, 0.717) is 0 Å². The smallest absolute Gasteiger partial charge is 0.247 e. The minimum atomic E-state index is -0.934. The Bertz CT molecular complexity index is 510. The standard InChI is InChI=1S/C18H27N3O.2ClH/c1-18(19,15-7-3-2-4-8-15)17(22)21-13-11-20(12-14-21)16-9-5-6-10-16;;/h2-4,7-8,16H,5-6,9-14,19H2,1H3;2*1H. The van der Waals surface area contributed by atoms with Crippen LogP contribution in [-0.2, 0) is 10.3 Å². The zero-order valence-corrected chi connectivity index (χ0v) is 16.0. The van der Waals surface area contributed by atoms with Gasteiger partial charge < -0.3 is 10.6 Å². The monoisotopic (exact) mass is 373 g/mol. The highest BCUT2D eigenvalue weighted by atomic mass is 35.5. The quantitative estimate of drug-likeness (QED) is 0.885. The molecule has 6 heteroatoms. The molecule has 1 amide bonds. The largest absolute Gasteiger partial charge is 0.338 e. The highest BCUT2D eigenvalue weighted by Crippen LogP contribution is 2.26. The Balaban J connectivity index is 0.00000144. The molecule has 1 atom stereocenters. The number of hydrogen-bond donors (Lipinski definition) is 1. The Morgan fingerprint density at radius 1 is 1.04 bits per heavy atom. The van der Waals surface area contributed by atoms with Crippen molar-refractivity contribution >= 4 is 30.7 Å². The zero-order valence-electron chi connectivity index (χ0n) is 14.3. The molecule has 1 unspecified atom stereocenters. The van der Waals surface area contributed by atoms with Crippen molar-refractivity contribution in [3.05, 3.63) is 35.9 Å². The van der Waals surface area contributed by atoms with Crippen molar-refractivity contribution in [2.24, 2.45) is 5.73 Å². The number of benzene rings is 1. The summed E-state index contributed by atoms with van der Waals surface area (Å²) in [5.41, 5.74) is 6.32. The fourth-order valence-electron chi connectivity index (χ4n) is 3.80. The molecule has 0 bridgehead atoms. The first-order valence-corrected chi connectivity index (χ1v) is 8.47. The SMILES string of the molecule is CC(N)(C(=O)N1CCN(C2CCCC2)CC1)c1ccccc1.Cl.Cl. The minimum absolute atomic E-state index is 0. The number of nitrogens with zero attached hydrogens (tertiary/aromatic N) is 2. The van der Waals surface area contributed by atoms with Gasteiger partial charge in [-0.25, -0.2) is 0 Å². The lowest BCUT2D eigenvalue weighted by atomic mass is 9.91. The lowest BCUT2D eigenvalue weighted by Crippen LogP contribution is -2.57. The second-order valence-corrected chi connectivity index (χ2v) is 6.83. The number of carbonyl (C=O) groups excluding carboxylic acids is 1. The van der Waals surface area contributed by atoms with Crippen molar-refractivity contribution in [1.82, 2.24) is 9.80 Å². The van der Waals surface area contributed by atoms with Crippen LogP contribution < -0.4 is 5.73 Å². The number of piperazine rings is 1. The Kier molecular flexibility index (Phi) is 8.00. The van der Waals surface area contributed by atoms with Gasteiger partial charge in [0.25, 0.3) is 0 Å². The number of carbonyl (C=O) groups is 1. The van der Waals surface area contributed by atoms with Crippen molar-refractivity contribution in [3.63, 3.8) is 0 Å². The lowest BCUT2D eigenvalue weighted by Gasteiger charge is -2.40. The molecule has 1 aliphatic heterocycles. The molecular weight excluding hydrogens is 345 g/mol. The van der Waals surface area contributed by atoms with Gasteiger partial charge in [0.1, 0.15) is 5.54 Å². The molecule has 1 aromatic carbocycles. The third-order valence-electron chi connectivity index (χ3n) is 5.26. The maximum atomic E-state index is 12.8. The molecule has 1 heterocycles. The summed E-state index contributed by atoms with van der Waals surface area (Å²) in [5.74, 6) is 0.0461. The zero-order chi connectivity index (χ0) is 15.6. The van der Waals surface area contributed by atoms with Gasteiger partial charge in [0.2, 0.25) is 5.91 Å². The fourth-order valence-corrected chi connectivity index (χ4v) is 3.80. The lowest BCUT2D eigenvalue weighted by molar-refractivity contribution is -0.138. The van der Waals surface area contributed by atoms with Crippen LogP contribution in [0.15, 0.2) is 30.3 Å². The van der Waals surface area contributed by atoms with Gasteiger partial charge in [-0.1, -0.05) is 43.2 Å². The van der Waals surface area contributed by atoms with E-state index >= 15 is 0 Å². The molecule has 3 rings (SSSR count). The number of hydrogen-bond acceptors (Lipinski definition) is 3. The normalized spacial score (nSPS) is 21.5. The van der Waals surface area contributed by atoms with Gasteiger partial charge in [0.05, 0.1) is 0 Å². The topological polar surface area (TPSA) is 49.6 Å². The number of halogens is 2. The predicted octanol–water partition coefficient (Wildman–Crippen LogP) is 2.79. The molecule has 1 saturated carbocycles. The minimum Gasteiger partial charge on any atom is -0.338 e. The molecule has 0 radical (unpaired) electrons. The molecule has 4 nitrogen and oxygen atoms in total. The van der Waals surface area contributed by atoms with Crippen LogP contribution in [0.4, 0.5) is 0 Å². The van der Waals surface area contributed by atoms with Gasteiger partial charge in [-0.05, 0) is 25.3 Å². The highest BCUT2D eigenvalue weighted by Gasteiger charge is 2.36. The van der Waals surface area contributed by atoms with Gasteiger partial charge in [0, 0.05) is 32.2 Å². The number of amides is 1. The summed E-state index contributed by atoms with van der Waals surface area (Å²) in [4.78, 5) is 17.3. The van der Waals surface area contributed by atoms with E-state index in [1.54, 1.807) is 0 Å². The summed E-state index contributed by atoms with van der Waals surface area (Å²) in [6, 6.07) is 10.4. The van der Waals surface area contributed by atoms with Gasteiger partial charge in [-0.3, -0.25) is 9.69 Å². The van der Waals surface area contributed by atoms with Gasteiger partial charge in [-0.15, -0.1) is 24.8 Å². The fraction of sp³-hybridized carbons (Fsp3) is 0.611. The average Bonchev–Trinajstić information content (AvgIpc) is 3.09. The molecule has 2 aliphatic rings. The molecule has 136 valence electrons. The maximum Gasteiger partial charge on any atom is 0.247 e. The van der Waals surface area contributed by atoms with Crippen LogP contribution in [0, 0.1) is 0 Å². The summed E-state index contributed by atoms with van der Waals surface area (Å²) in [7, 11) is 0. The molecule has 1 aliphatic carbocycles. The molecule has 1 aromatic rings. The van der Waals surface area contributed by atoms with Crippen LogP contribution in [-0.4, -0.2) is 47.9 Å². The maximum absolute atomic E-state index is 12.8. The van der Waals surface area contributed by atoms with Crippen LogP contribution >= 0.6 is 24.8 Å². The number of rotatable bonds is 3. The summed E-state index contributed by atoms with van der Waals surface area (Å²) in [6.07, 6.45) is 5.37. The van der Waals surface area contributed by atoms with Crippen molar-refractivity contribution < 1.29 is 4.79 Å². The molecule has 2 N–H and O–H groups in total. The third kappa shape index (κ3) is 4.42. The Hall–Kier alpha value is -0.810. The van der Waals surface area contributed by atoms with Crippen LogP contribution in [0.1, 0.15) is 38.2 Å². The van der Waals surface area contributed by atoms with Gasteiger partial charge in [0.15, 0.2) is 0 Å². The molecular formula is C18H29Cl2N3O. The highest BCUT2D eigenvalue weighted by molar-refractivity contribution is 5.87. The second kappa shape index (κ2) is 9.04. The van der Waals surface area contributed by atoms with Crippen LogP contribution in [0.2, 0.25) is 0 Å². The first-order chi connectivity index (χ1) is 10.6. The summed E-state index contributed by atoms with van der Waals surface area (Å²) < 4.78 is 0. The summed E-state index contributed by atoms with van der Waals surface area (Å²) in [6.45, 7) is 5.40. The van der Waals surface area contributed by atoms with Crippen LogP contribution in [0.5, 0.6) is 0 Å². The van der Waals surface area contributed by atoms with E-state index in [1.807, 2.05) is 42.2 Å². The van der Waals surface area contributed by atoms with Crippen LogP contribution in [0.25, 0.3) is 0 Å². The predicted molar refractivity (Wildman–Crippen MR) is 103 cm³/mol. The van der Waals surface area contributed by atoms with E-state index in [9.17, 15) is 4.79 Å². The van der Waals surface area contributed by atoms with E-state index in [4.69, 9.17) is 5.73 Å². The second-order valence-electron chi connectivity index (χ2n) is 6.83.